The molecule has 0 aromatic heterocycles. The van der Waals surface area contributed by atoms with Crippen LogP contribution in [0, 0.1) is 5.92 Å². The van der Waals surface area contributed by atoms with Crippen LogP contribution in [-0.2, 0) is 25.5 Å². The molecule has 3 aromatic carbocycles. The summed E-state index contributed by atoms with van der Waals surface area (Å²) in [6.45, 7) is 7.47. The van der Waals surface area contributed by atoms with Crippen molar-refractivity contribution in [3.63, 3.8) is 0 Å². The van der Waals surface area contributed by atoms with Crippen LogP contribution in [0.3, 0.4) is 0 Å². The Morgan fingerprint density at radius 1 is 1.02 bits per heavy atom. The van der Waals surface area contributed by atoms with Crippen molar-refractivity contribution in [3.05, 3.63) is 106 Å². The molecule has 0 saturated carbocycles. The number of rotatable bonds is 7. The number of anilines is 1. The summed E-state index contributed by atoms with van der Waals surface area (Å²) in [5.74, 6) is -1.78. The molecule has 8 heteroatoms. The molecule has 2 aliphatic rings. The van der Waals surface area contributed by atoms with Gasteiger partial charge in [-0.25, -0.2) is 9.79 Å². The lowest BCUT2D eigenvalue weighted by Gasteiger charge is -2.36. The van der Waals surface area contributed by atoms with Crippen molar-refractivity contribution in [1.29, 1.82) is 0 Å². The summed E-state index contributed by atoms with van der Waals surface area (Å²) in [4.78, 5) is 36.0. The van der Waals surface area contributed by atoms with Gasteiger partial charge in [-0.3, -0.25) is 9.69 Å². The highest BCUT2D eigenvalue weighted by molar-refractivity contribution is 8.14. The molecule has 2 atom stereocenters. The summed E-state index contributed by atoms with van der Waals surface area (Å²) in [7, 11) is 0. The van der Waals surface area contributed by atoms with E-state index in [1.54, 1.807) is 13.0 Å². The van der Waals surface area contributed by atoms with Gasteiger partial charge in [0, 0.05) is 9.92 Å². The molecule has 0 bridgehead atoms. The largest absolute Gasteiger partial charge is 0.465 e. The number of benzene rings is 3. The Morgan fingerprint density at radius 3 is 2.45 bits per heavy atom. The Labute approximate surface area is 244 Å². The minimum atomic E-state index is -0.829. The molecule has 0 unspecified atom stereocenters. The molecule has 206 valence electrons. The Hall–Kier alpha value is -3.55. The smallest absolute Gasteiger partial charge is 0.338 e. The highest BCUT2D eigenvalue weighted by atomic mass is 35.5. The molecule has 2 heterocycles. The molecule has 3 aromatic rings. The van der Waals surface area contributed by atoms with E-state index in [2.05, 4.69) is 0 Å². The number of aliphatic imine (C=N–C) groups is 1. The number of hydrogen-bond donors (Lipinski definition) is 0. The number of nitrogens with zero attached hydrogens (tertiary/aromatic N) is 2. The Bertz CT molecular complexity index is 1500. The molecule has 0 saturated heterocycles. The number of carbonyl (C=O) groups is 2. The number of carbonyl (C=O) groups excluding carboxylic acids is 2. The second kappa shape index (κ2) is 11.5. The molecule has 0 spiro atoms. The maximum atomic E-state index is 14.1. The standard InChI is InChI=1S/C32H31ClN2O4S/c1-5-38-29(36)23(19-20-12-11-15-22(33)18-20)28-26(30(37)39-32(2,3)4)27(21-13-7-6-8-14-21)34-31-35(28)24-16-9-10-17-25(24)40-31/h6-18,23,27H,5,19H2,1-4H3/t23-,27+/m0/s1. The first-order valence-corrected chi connectivity index (χ1v) is 14.4. The van der Waals surface area contributed by atoms with Crippen molar-refractivity contribution < 1.29 is 19.1 Å². The highest BCUT2D eigenvalue weighted by Crippen LogP contribution is 2.50. The summed E-state index contributed by atoms with van der Waals surface area (Å²) in [5.41, 5.74) is 2.61. The molecule has 5 rings (SSSR count). The number of para-hydroxylation sites is 1. The Balaban J connectivity index is 1.79. The highest BCUT2D eigenvalue weighted by Gasteiger charge is 2.46. The predicted molar refractivity (Wildman–Crippen MR) is 160 cm³/mol. The molecule has 2 aliphatic heterocycles. The maximum Gasteiger partial charge on any atom is 0.338 e. The number of hydrogen-bond acceptors (Lipinski definition) is 7. The summed E-state index contributed by atoms with van der Waals surface area (Å²) in [6, 6.07) is 24.3. The molecule has 0 aliphatic carbocycles. The normalized spacial score (nSPS) is 17.1. The van der Waals surface area contributed by atoms with Gasteiger partial charge < -0.3 is 9.47 Å². The topological polar surface area (TPSA) is 68.2 Å². The van der Waals surface area contributed by atoms with Crippen LogP contribution in [0.5, 0.6) is 0 Å². The third-order valence-corrected chi connectivity index (χ3v) is 7.76. The zero-order valence-corrected chi connectivity index (χ0v) is 24.5. The van der Waals surface area contributed by atoms with E-state index in [1.165, 1.54) is 11.8 Å². The van der Waals surface area contributed by atoms with Crippen LogP contribution in [0.25, 0.3) is 0 Å². The number of esters is 2. The minimum absolute atomic E-state index is 0.203. The summed E-state index contributed by atoms with van der Waals surface area (Å²) in [5, 5.41) is 1.26. The summed E-state index contributed by atoms with van der Waals surface area (Å²) < 4.78 is 11.6. The van der Waals surface area contributed by atoms with Crippen LogP contribution in [0.2, 0.25) is 5.02 Å². The van der Waals surface area contributed by atoms with E-state index >= 15 is 0 Å². The second-order valence-electron chi connectivity index (χ2n) is 10.6. The molecule has 6 nitrogen and oxygen atoms in total. The Morgan fingerprint density at radius 2 is 1.75 bits per heavy atom. The quantitative estimate of drug-likeness (QED) is 0.274. The van der Waals surface area contributed by atoms with E-state index in [1.807, 2.05) is 98.5 Å². The first-order chi connectivity index (χ1) is 19.2. The number of thioether (sulfide) groups is 1. The fourth-order valence-electron chi connectivity index (χ4n) is 4.93. The Kier molecular flexibility index (Phi) is 8.06. The fourth-order valence-corrected chi connectivity index (χ4v) is 6.20. The van der Waals surface area contributed by atoms with E-state index in [0.717, 1.165) is 21.7 Å². The predicted octanol–water partition coefficient (Wildman–Crippen LogP) is 7.38. The number of halogens is 1. The van der Waals surface area contributed by atoms with Gasteiger partial charge in [-0.2, -0.15) is 0 Å². The number of fused-ring (bicyclic) bond motifs is 3. The van der Waals surface area contributed by atoms with Gasteiger partial charge in [0.15, 0.2) is 5.17 Å². The van der Waals surface area contributed by atoms with Crippen molar-refractivity contribution in [1.82, 2.24) is 0 Å². The van der Waals surface area contributed by atoms with Gasteiger partial charge in [-0.15, -0.1) is 0 Å². The van der Waals surface area contributed by atoms with Crippen LogP contribution >= 0.6 is 23.4 Å². The van der Waals surface area contributed by atoms with Crippen LogP contribution in [-0.4, -0.2) is 29.3 Å². The van der Waals surface area contributed by atoms with Gasteiger partial charge in [0.1, 0.15) is 17.6 Å². The van der Waals surface area contributed by atoms with Crippen LogP contribution in [0.15, 0.2) is 100 Å². The monoisotopic (exact) mass is 574 g/mol. The second-order valence-corrected chi connectivity index (χ2v) is 12.0. The molecule has 0 N–H and O–H groups in total. The molecule has 0 fully saturated rings. The number of ether oxygens (including phenoxy) is 2. The molecule has 0 radical (unpaired) electrons. The van der Waals surface area contributed by atoms with Crippen molar-refractivity contribution >= 4 is 46.2 Å². The first-order valence-electron chi connectivity index (χ1n) is 13.2. The van der Waals surface area contributed by atoms with E-state index in [9.17, 15) is 9.59 Å². The third kappa shape index (κ3) is 5.81. The van der Waals surface area contributed by atoms with Gasteiger partial charge in [0.25, 0.3) is 0 Å². The van der Waals surface area contributed by atoms with E-state index in [-0.39, 0.29) is 13.0 Å². The minimum Gasteiger partial charge on any atom is -0.465 e. The molecule has 0 amide bonds. The maximum absolute atomic E-state index is 14.1. The lowest BCUT2D eigenvalue weighted by molar-refractivity contribution is -0.150. The SMILES string of the molecule is CCOC(=O)[C@@H](Cc1cccc(Cl)c1)C1=C(C(=O)OC(C)(C)C)[C@@H](c2ccccc2)N=C2Sc3ccccc3N21. The van der Waals surface area contributed by atoms with Gasteiger partial charge in [-0.05, 0) is 81.3 Å². The van der Waals surface area contributed by atoms with E-state index in [0.29, 0.717) is 21.5 Å². The van der Waals surface area contributed by atoms with E-state index < -0.39 is 29.5 Å². The van der Waals surface area contributed by atoms with Crippen LogP contribution < -0.4 is 4.90 Å². The van der Waals surface area contributed by atoms with Gasteiger partial charge in [0.05, 0.1) is 23.6 Å². The average Bonchev–Trinajstić information content (AvgIpc) is 3.29. The average molecular weight is 575 g/mol. The first kappa shape index (κ1) is 28.0. The van der Waals surface area contributed by atoms with Crippen LogP contribution in [0.4, 0.5) is 5.69 Å². The lowest BCUT2D eigenvalue weighted by Crippen LogP contribution is -2.41. The fraction of sp³-hybridized carbons (Fsp3) is 0.281. The zero-order chi connectivity index (χ0) is 28.4. The lowest BCUT2D eigenvalue weighted by atomic mass is 9.86. The van der Waals surface area contributed by atoms with Gasteiger partial charge >= 0.3 is 11.9 Å². The van der Waals surface area contributed by atoms with Crippen molar-refractivity contribution in [3.8, 4) is 0 Å². The molecular weight excluding hydrogens is 544 g/mol. The summed E-state index contributed by atoms with van der Waals surface area (Å²) >= 11 is 7.85. The summed E-state index contributed by atoms with van der Waals surface area (Å²) in [6.07, 6.45) is 0.277. The van der Waals surface area contributed by atoms with Crippen LogP contribution in [0.1, 0.15) is 44.9 Å². The van der Waals surface area contributed by atoms with Crippen molar-refractivity contribution in [2.24, 2.45) is 10.9 Å². The van der Waals surface area contributed by atoms with Gasteiger partial charge in [-0.1, -0.05) is 66.2 Å². The van der Waals surface area contributed by atoms with Crippen molar-refractivity contribution in [2.45, 2.75) is 50.7 Å². The molecular formula is C32H31ClN2O4S. The molecule has 40 heavy (non-hydrogen) atoms. The zero-order valence-electron chi connectivity index (χ0n) is 22.9. The third-order valence-electron chi connectivity index (χ3n) is 6.49. The number of amidine groups is 1. The van der Waals surface area contributed by atoms with Crippen molar-refractivity contribution in [2.75, 3.05) is 11.5 Å². The van der Waals surface area contributed by atoms with Gasteiger partial charge in [0.2, 0.25) is 0 Å². The van der Waals surface area contributed by atoms with E-state index in [4.69, 9.17) is 26.1 Å².